The molecule has 0 saturated carbocycles. The summed E-state index contributed by atoms with van der Waals surface area (Å²) in [5.41, 5.74) is 9.52. The second-order valence-corrected chi connectivity index (χ2v) is 4.87. The smallest absolute Gasteiger partial charge is 0.128 e. The van der Waals surface area contributed by atoms with Gasteiger partial charge in [0.2, 0.25) is 0 Å². The molecule has 0 aliphatic carbocycles. The Morgan fingerprint density at radius 2 is 1.83 bits per heavy atom. The van der Waals surface area contributed by atoms with Gasteiger partial charge in [-0.3, -0.25) is 4.68 Å². The highest BCUT2D eigenvalue weighted by Crippen LogP contribution is 2.41. The number of nitrogens with two attached hydrogens (primary N) is 1. The lowest BCUT2D eigenvalue weighted by atomic mass is 9.97. The molecule has 0 spiro atoms. The largest absolute Gasteiger partial charge is 0.507 e. The molecule has 0 aliphatic heterocycles. The summed E-state index contributed by atoms with van der Waals surface area (Å²) in [6, 6.07) is 1.73. The molecule has 5 heteroatoms. The van der Waals surface area contributed by atoms with Crippen LogP contribution in [0.1, 0.15) is 16.7 Å². The first-order valence-electron chi connectivity index (χ1n) is 5.62. The van der Waals surface area contributed by atoms with Crippen molar-refractivity contribution >= 4 is 17.4 Å². The van der Waals surface area contributed by atoms with E-state index in [2.05, 4.69) is 5.10 Å². The van der Waals surface area contributed by atoms with Gasteiger partial charge < -0.3 is 10.8 Å². The van der Waals surface area contributed by atoms with Crippen LogP contribution in [0.4, 0.5) is 5.82 Å². The van der Waals surface area contributed by atoms with Gasteiger partial charge in [-0.05, 0) is 37.5 Å². The van der Waals surface area contributed by atoms with Crippen LogP contribution < -0.4 is 5.73 Å². The Kier molecular flexibility index (Phi) is 2.99. The van der Waals surface area contributed by atoms with Crippen molar-refractivity contribution in [3.63, 3.8) is 0 Å². The van der Waals surface area contributed by atoms with Crippen LogP contribution in [0.25, 0.3) is 11.3 Å². The second-order valence-electron chi connectivity index (χ2n) is 4.49. The molecule has 96 valence electrons. The van der Waals surface area contributed by atoms with Gasteiger partial charge in [-0.15, -0.1) is 0 Å². The molecule has 2 aromatic rings. The molecule has 3 N–H and O–H groups in total. The monoisotopic (exact) mass is 265 g/mol. The molecule has 18 heavy (non-hydrogen) atoms. The van der Waals surface area contributed by atoms with Crippen molar-refractivity contribution in [2.45, 2.75) is 20.8 Å². The molecule has 0 radical (unpaired) electrons. The third-order valence-corrected chi connectivity index (χ3v) is 3.93. The van der Waals surface area contributed by atoms with Crippen LogP contribution in [0.15, 0.2) is 6.07 Å². The molecule has 0 bridgehead atoms. The number of aromatic nitrogens is 2. The topological polar surface area (TPSA) is 64.1 Å². The van der Waals surface area contributed by atoms with E-state index in [1.54, 1.807) is 17.8 Å². The van der Waals surface area contributed by atoms with E-state index in [1.165, 1.54) is 0 Å². The maximum Gasteiger partial charge on any atom is 0.128 e. The lowest BCUT2D eigenvalue weighted by Gasteiger charge is -2.14. The van der Waals surface area contributed by atoms with Crippen molar-refractivity contribution in [2.24, 2.45) is 7.05 Å². The van der Waals surface area contributed by atoms with Gasteiger partial charge in [0.15, 0.2) is 0 Å². The van der Waals surface area contributed by atoms with Gasteiger partial charge in [0.05, 0.1) is 5.69 Å². The molecule has 0 amide bonds. The van der Waals surface area contributed by atoms with Gasteiger partial charge in [0.1, 0.15) is 11.6 Å². The summed E-state index contributed by atoms with van der Waals surface area (Å²) in [6.07, 6.45) is 0. The van der Waals surface area contributed by atoms with Crippen LogP contribution in [0.2, 0.25) is 5.02 Å². The minimum atomic E-state index is 0.215. The number of nitrogens with zero attached hydrogens (tertiary/aromatic N) is 2. The van der Waals surface area contributed by atoms with E-state index >= 15 is 0 Å². The Morgan fingerprint density at radius 1 is 1.22 bits per heavy atom. The van der Waals surface area contributed by atoms with E-state index in [9.17, 15) is 5.11 Å². The number of aromatic hydroxyl groups is 1. The lowest BCUT2D eigenvalue weighted by Crippen LogP contribution is -1.97. The number of rotatable bonds is 1. The Labute approximate surface area is 111 Å². The van der Waals surface area contributed by atoms with Crippen molar-refractivity contribution < 1.29 is 5.11 Å². The van der Waals surface area contributed by atoms with E-state index in [1.807, 2.05) is 20.8 Å². The minimum absolute atomic E-state index is 0.215. The zero-order chi connectivity index (χ0) is 13.6. The predicted octanol–water partition coefficient (Wildman–Crippen LogP) is 2.95. The maximum absolute atomic E-state index is 10.3. The first-order valence-corrected chi connectivity index (χ1v) is 6.00. The third kappa shape index (κ3) is 1.73. The van der Waals surface area contributed by atoms with Crippen LogP contribution in [0.3, 0.4) is 0 Å². The van der Waals surface area contributed by atoms with Gasteiger partial charge in [-0.2, -0.15) is 5.10 Å². The number of hydrogen-bond acceptors (Lipinski definition) is 3. The molecule has 0 aliphatic rings. The fraction of sp³-hybridized carbons (Fsp3) is 0.308. The number of aryl methyl sites for hydroxylation is 1. The molecule has 1 aromatic heterocycles. The number of phenols is 1. The maximum atomic E-state index is 10.3. The number of anilines is 1. The molecule has 0 fully saturated rings. The Hall–Kier alpha value is -1.68. The van der Waals surface area contributed by atoms with Gasteiger partial charge in [-0.1, -0.05) is 11.6 Å². The molecule has 2 rings (SSSR count). The molecule has 0 unspecified atom stereocenters. The van der Waals surface area contributed by atoms with Crippen molar-refractivity contribution in [1.82, 2.24) is 9.78 Å². The average molecular weight is 266 g/mol. The zero-order valence-corrected chi connectivity index (χ0v) is 11.6. The van der Waals surface area contributed by atoms with Crippen molar-refractivity contribution in [3.05, 3.63) is 27.8 Å². The normalized spacial score (nSPS) is 10.9. The number of benzene rings is 1. The van der Waals surface area contributed by atoms with Crippen LogP contribution >= 0.6 is 11.6 Å². The highest BCUT2D eigenvalue weighted by Gasteiger charge is 2.19. The molecule has 1 heterocycles. The van der Waals surface area contributed by atoms with E-state index in [4.69, 9.17) is 17.3 Å². The summed E-state index contributed by atoms with van der Waals surface area (Å²) < 4.78 is 1.57. The second kappa shape index (κ2) is 4.21. The van der Waals surface area contributed by atoms with Gasteiger partial charge in [0, 0.05) is 23.7 Å². The number of nitrogen functional groups attached to an aromatic ring is 1. The quantitative estimate of drug-likeness (QED) is 0.833. The number of hydrogen-bond donors (Lipinski definition) is 2. The minimum Gasteiger partial charge on any atom is -0.507 e. The van der Waals surface area contributed by atoms with Crippen LogP contribution in [0, 0.1) is 20.8 Å². The number of phenolic OH excluding ortho intramolecular Hbond substituents is 1. The highest BCUT2D eigenvalue weighted by atomic mass is 35.5. The molecule has 1 aromatic carbocycles. The standard InChI is InChI=1S/C13H16ClN3O/c1-6-7(2)13(18)11(8(3)12(6)14)9-5-10(15)17(4)16-9/h5,18H,15H2,1-4H3. The summed E-state index contributed by atoms with van der Waals surface area (Å²) in [4.78, 5) is 0. The Balaban J connectivity index is 2.79. The zero-order valence-electron chi connectivity index (χ0n) is 10.9. The molecule has 0 atom stereocenters. The van der Waals surface area contributed by atoms with Gasteiger partial charge in [0.25, 0.3) is 0 Å². The first-order chi connectivity index (χ1) is 8.34. The summed E-state index contributed by atoms with van der Waals surface area (Å²) in [6.45, 7) is 5.60. The van der Waals surface area contributed by atoms with Crippen LogP contribution in [-0.4, -0.2) is 14.9 Å². The van der Waals surface area contributed by atoms with Crippen molar-refractivity contribution in [2.75, 3.05) is 5.73 Å². The van der Waals surface area contributed by atoms with Crippen LogP contribution in [-0.2, 0) is 7.05 Å². The van der Waals surface area contributed by atoms with E-state index in [-0.39, 0.29) is 5.75 Å². The molecular weight excluding hydrogens is 250 g/mol. The Morgan fingerprint density at radius 3 is 2.33 bits per heavy atom. The SMILES string of the molecule is Cc1c(C)c(Cl)c(C)c(-c2cc(N)n(C)n2)c1O. The Bertz CT molecular complexity index is 583. The molecule has 0 saturated heterocycles. The van der Waals surface area contributed by atoms with Gasteiger partial charge in [-0.25, -0.2) is 0 Å². The summed E-state index contributed by atoms with van der Waals surface area (Å²) in [5, 5.41) is 15.2. The molecular formula is C13H16ClN3O. The predicted molar refractivity (Wildman–Crippen MR) is 73.9 cm³/mol. The summed E-state index contributed by atoms with van der Waals surface area (Å²) in [5.74, 6) is 0.755. The summed E-state index contributed by atoms with van der Waals surface area (Å²) >= 11 is 6.28. The summed E-state index contributed by atoms with van der Waals surface area (Å²) in [7, 11) is 1.76. The van der Waals surface area contributed by atoms with Gasteiger partial charge >= 0.3 is 0 Å². The van der Waals surface area contributed by atoms with E-state index in [0.717, 1.165) is 16.7 Å². The highest BCUT2D eigenvalue weighted by molar-refractivity contribution is 6.32. The number of halogens is 1. The van der Waals surface area contributed by atoms with E-state index < -0.39 is 0 Å². The molecule has 4 nitrogen and oxygen atoms in total. The van der Waals surface area contributed by atoms with Crippen LogP contribution in [0.5, 0.6) is 5.75 Å². The van der Waals surface area contributed by atoms with E-state index in [0.29, 0.717) is 22.1 Å². The van der Waals surface area contributed by atoms with Crippen molar-refractivity contribution in [1.29, 1.82) is 0 Å². The third-order valence-electron chi connectivity index (χ3n) is 3.36. The fourth-order valence-electron chi connectivity index (χ4n) is 2.02. The fourth-order valence-corrected chi connectivity index (χ4v) is 2.25. The first kappa shape index (κ1) is 12.8. The average Bonchev–Trinajstić information content (AvgIpc) is 2.64. The van der Waals surface area contributed by atoms with Crippen molar-refractivity contribution in [3.8, 4) is 17.0 Å². The lowest BCUT2D eigenvalue weighted by molar-refractivity contribution is 0.472.